The van der Waals surface area contributed by atoms with Crippen LogP contribution in [0.15, 0.2) is 12.4 Å². The SMILES string of the molecule is Cn1ncc2nc(NCCN)ncc21. The van der Waals surface area contributed by atoms with Gasteiger partial charge in [0, 0.05) is 20.1 Å². The molecule has 74 valence electrons. The Morgan fingerprint density at radius 2 is 2.36 bits per heavy atom. The van der Waals surface area contributed by atoms with Gasteiger partial charge in [0.1, 0.15) is 11.0 Å². The Morgan fingerprint density at radius 3 is 3.14 bits per heavy atom. The molecule has 2 aromatic heterocycles. The van der Waals surface area contributed by atoms with Crippen molar-refractivity contribution in [2.45, 2.75) is 0 Å². The maximum absolute atomic E-state index is 5.36. The van der Waals surface area contributed by atoms with Gasteiger partial charge in [-0.05, 0) is 0 Å². The van der Waals surface area contributed by atoms with Crippen LogP contribution in [0.1, 0.15) is 0 Å². The Labute approximate surface area is 81.1 Å². The zero-order chi connectivity index (χ0) is 9.97. The number of hydrogen-bond donors (Lipinski definition) is 2. The van der Waals surface area contributed by atoms with Gasteiger partial charge in [-0.1, -0.05) is 0 Å². The molecule has 0 aliphatic rings. The lowest BCUT2D eigenvalue weighted by molar-refractivity contribution is 0.795. The largest absolute Gasteiger partial charge is 0.353 e. The van der Waals surface area contributed by atoms with Gasteiger partial charge in [0.2, 0.25) is 5.95 Å². The number of nitrogens with two attached hydrogens (primary N) is 1. The summed E-state index contributed by atoms with van der Waals surface area (Å²) in [4.78, 5) is 8.41. The van der Waals surface area contributed by atoms with Crippen LogP contribution in [0.2, 0.25) is 0 Å². The average molecular weight is 192 g/mol. The highest BCUT2D eigenvalue weighted by Gasteiger charge is 2.02. The zero-order valence-electron chi connectivity index (χ0n) is 7.94. The van der Waals surface area contributed by atoms with Crippen LogP contribution in [0, 0.1) is 0 Å². The summed E-state index contributed by atoms with van der Waals surface area (Å²) in [7, 11) is 1.86. The van der Waals surface area contributed by atoms with Crippen LogP contribution < -0.4 is 11.1 Å². The molecule has 0 saturated heterocycles. The highest BCUT2D eigenvalue weighted by Crippen LogP contribution is 2.10. The van der Waals surface area contributed by atoms with E-state index in [2.05, 4.69) is 20.4 Å². The van der Waals surface area contributed by atoms with E-state index < -0.39 is 0 Å². The van der Waals surface area contributed by atoms with E-state index in [1.54, 1.807) is 17.1 Å². The summed E-state index contributed by atoms with van der Waals surface area (Å²) in [5.74, 6) is 0.593. The first kappa shape index (κ1) is 8.89. The molecule has 2 rings (SSSR count). The molecular formula is C8H12N6. The lowest BCUT2D eigenvalue weighted by atomic mass is 10.5. The maximum atomic E-state index is 5.36. The third kappa shape index (κ3) is 1.51. The third-order valence-electron chi connectivity index (χ3n) is 1.93. The summed E-state index contributed by atoms with van der Waals surface area (Å²) >= 11 is 0. The Hall–Kier alpha value is -1.69. The molecule has 0 aliphatic heterocycles. The minimum atomic E-state index is 0.564. The van der Waals surface area contributed by atoms with Gasteiger partial charge in [0.25, 0.3) is 0 Å². The molecule has 0 radical (unpaired) electrons. The van der Waals surface area contributed by atoms with Gasteiger partial charge >= 0.3 is 0 Å². The van der Waals surface area contributed by atoms with Gasteiger partial charge in [0.05, 0.1) is 12.4 Å². The Bertz CT molecular complexity index is 434. The second-order valence-corrected chi connectivity index (χ2v) is 2.95. The predicted octanol–water partition coefficient (Wildman–Crippen LogP) is -0.266. The molecule has 6 heteroatoms. The number of fused-ring (bicyclic) bond motifs is 1. The summed E-state index contributed by atoms with van der Waals surface area (Å²) in [5, 5.41) is 7.09. The first-order valence-corrected chi connectivity index (χ1v) is 4.40. The fourth-order valence-electron chi connectivity index (χ4n) is 1.21. The quantitative estimate of drug-likeness (QED) is 0.699. The molecule has 2 heterocycles. The van der Waals surface area contributed by atoms with Crippen molar-refractivity contribution < 1.29 is 0 Å². The van der Waals surface area contributed by atoms with Crippen molar-refractivity contribution in [2.24, 2.45) is 12.8 Å². The molecule has 0 spiro atoms. The van der Waals surface area contributed by atoms with Crippen LogP contribution in [-0.4, -0.2) is 32.8 Å². The fraction of sp³-hybridized carbons (Fsp3) is 0.375. The summed E-state index contributed by atoms with van der Waals surface area (Å²) in [5.41, 5.74) is 7.11. The van der Waals surface area contributed by atoms with E-state index in [9.17, 15) is 0 Å². The van der Waals surface area contributed by atoms with Crippen molar-refractivity contribution in [3.63, 3.8) is 0 Å². The van der Waals surface area contributed by atoms with Crippen molar-refractivity contribution >= 4 is 17.0 Å². The van der Waals surface area contributed by atoms with Crippen LogP contribution >= 0.6 is 0 Å². The third-order valence-corrected chi connectivity index (χ3v) is 1.93. The Kier molecular flexibility index (Phi) is 2.28. The van der Waals surface area contributed by atoms with E-state index >= 15 is 0 Å². The zero-order valence-corrected chi connectivity index (χ0v) is 7.94. The van der Waals surface area contributed by atoms with Gasteiger partial charge in [-0.15, -0.1) is 0 Å². The smallest absolute Gasteiger partial charge is 0.223 e. The summed E-state index contributed by atoms with van der Waals surface area (Å²) < 4.78 is 1.74. The molecule has 0 unspecified atom stereocenters. The molecule has 0 fully saturated rings. The number of aromatic nitrogens is 4. The van der Waals surface area contributed by atoms with Crippen LogP contribution in [-0.2, 0) is 7.05 Å². The van der Waals surface area contributed by atoms with Gasteiger partial charge in [-0.2, -0.15) is 5.10 Å². The summed E-state index contributed by atoms with van der Waals surface area (Å²) in [6.07, 6.45) is 3.46. The van der Waals surface area contributed by atoms with Gasteiger partial charge in [0.15, 0.2) is 0 Å². The number of rotatable bonds is 3. The molecule has 0 bridgehead atoms. The molecule has 0 atom stereocenters. The van der Waals surface area contributed by atoms with E-state index in [4.69, 9.17) is 5.73 Å². The molecule has 0 aromatic carbocycles. The van der Waals surface area contributed by atoms with Crippen molar-refractivity contribution in [3.05, 3.63) is 12.4 Å². The van der Waals surface area contributed by atoms with Crippen LogP contribution in [0.4, 0.5) is 5.95 Å². The molecule has 0 aliphatic carbocycles. The second kappa shape index (κ2) is 3.59. The van der Waals surface area contributed by atoms with Gasteiger partial charge in [-0.25, -0.2) is 9.97 Å². The lowest BCUT2D eigenvalue weighted by Crippen LogP contribution is -2.14. The average Bonchev–Trinajstić information content (AvgIpc) is 2.57. The monoisotopic (exact) mass is 192 g/mol. The number of aryl methyl sites for hydroxylation is 1. The van der Waals surface area contributed by atoms with Crippen LogP contribution in [0.3, 0.4) is 0 Å². The van der Waals surface area contributed by atoms with Crippen LogP contribution in [0.5, 0.6) is 0 Å². The number of anilines is 1. The predicted molar refractivity (Wildman–Crippen MR) is 53.8 cm³/mol. The molecule has 3 N–H and O–H groups in total. The van der Waals surface area contributed by atoms with Gasteiger partial charge in [-0.3, -0.25) is 4.68 Å². The highest BCUT2D eigenvalue weighted by atomic mass is 15.3. The second-order valence-electron chi connectivity index (χ2n) is 2.95. The Morgan fingerprint density at radius 1 is 1.50 bits per heavy atom. The fourth-order valence-corrected chi connectivity index (χ4v) is 1.21. The summed E-state index contributed by atoms with van der Waals surface area (Å²) in [6, 6.07) is 0. The standard InChI is InChI=1S/C8H12N6/c1-14-7-5-11-8(10-3-2-9)13-6(7)4-12-14/h4-5H,2-3,9H2,1H3,(H,10,11,13). The maximum Gasteiger partial charge on any atom is 0.223 e. The molecule has 0 saturated carbocycles. The number of nitrogens with zero attached hydrogens (tertiary/aromatic N) is 4. The molecule has 14 heavy (non-hydrogen) atoms. The van der Waals surface area contributed by atoms with Gasteiger partial charge < -0.3 is 11.1 Å². The van der Waals surface area contributed by atoms with Crippen LogP contribution in [0.25, 0.3) is 11.0 Å². The van der Waals surface area contributed by atoms with Crippen molar-refractivity contribution in [1.82, 2.24) is 19.7 Å². The van der Waals surface area contributed by atoms with E-state index in [-0.39, 0.29) is 0 Å². The minimum absolute atomic E-state index is 0.564. The lowest BCUT2D eigenvalue weighted by Gasteiger charge is -2.01. The molecule has 6 nitrogen and oxygen atoms in total. The first-order chi connectivity index (χ1) is 6.81. The topological polar surface area (TPSA) is 81.7 Å². The number of nitrogens with one attached hydrogen (secondary N) is 1. The van der Waals surface area contributed by atoms with Crippen molar-refractivity contribution in [3.8, 4) is 0 Å². The normalized spacial score (nSPS) is 10.7. The van der Waals surface area contributed by atoms with E-state index in [0.29, 0.717) is 19.0 Å². The molecule has 0 amide bonds. The van der Waals surface area contributed by atoms with Crippen molar-refractivity contribution in [2.75, 3.05) is 18.4 Å². The summed E-state index contributed by atoms with van der Waals surface area (Å²) in [6.45, 7) is 1.24. The van der Waals surface area contributed by atoms with E-state index in [1.807, 2.05) is 7.05 Å². The minimum Gasteiger partial charge on any atom is -0.353 e. The first-order valence-electron chi connectivity index (χ1n) is 4.40. The van der Waals surface area contributed by atoms with E-state index in [1.165, 1.54) is 0 Å². The van der Waals surface area contributed by atoms with Crippen molar-refractivity contribution in [1.29, 1.82) is 0 Å². The highest BCUT2D eigenvalue weighted by molar-refractivity contribution is 5.73. The van der Waals surface area contributed by atoms with E-state index in [0.717, 1.165) is 11.0 Å². The molecule has 2 aromatic rings. The molecular weight excluding hydrogens is 180 g/mol. The Balaban J connectivity index is 2.32. The number of hydrogen-bond acceptors (Lipinski definition) is 5.